The van der Waals surface area contributed by atoms with Gasteiger partial charge >= 0.3 is 0 Å². The number of furan rings is 1. The molecular formula is C19H24N6O3S. The quantitative estimate of drug-likeness (QED) is 0.481. The van der Waals surface area contributed by atoms with E-state index in [9.17, 15) is 4.79 Å². The minimum atomic E-state index is -0.149. The molecule has 1 N–H and O–H groups in total. The van der Waals surface area contributed by atoms with E-state index < -0.39 is 0 Å². The maximum absolute atomic E-state index is 12.4. The highest BCUT2D eigenvalue weighted by Crippen LogP contribution is 2.27. The highest BCUT2D eigenvalue weighted by Gasteiger charge is 2.20. The van der Waals surface area contributed by atoms with Crippen molar-refractivity contribution in [1.82, 2.24) is 25.1 Å². The normalized spacial score (nSPS) is 14.5. The second kappa shape index (κ2) is 8.42. The SMILES string of the molecule is CSc1nc(N2CCOCC2)c2cnn(CCNC(=O)c3cc(C)oc3C)c2n1. The molecule has 0 spiro atoms. The standard InChI is InChI=1S/C19H24N6O3S/c1-12-10-14(13(2)28-12)18(26)20-4-5-25-17-15(11-21-25)16(22-19(23-17)29-3)24-6-8-27-9-7-24/h10-11H,4-9H2,1-3H3,(H,20,26). The first-order valence-corrected chi connectivity index (χ1v) is 10.7. The van der Waals surface area contributed by atoms with Gasteiger partial charge in [-0.2, -0.15) is 5.10 Å². The van der Waals surface area contributed by atoms with Crippen LogP contribution in [-0.2, 0) is 11.3 Å². The fraction of sp³-hybridized carbons (Fsp3) is 0.474. The minimum absolute atomic E-state index is 0.149. The Hall–Kier alpha value is -2.59. The molecular weight excluding hydrogens is 392 g/mol. The van der Waals surface area contributed by atoms with Crippen LogP contribution < -0.4 is 10.2 Å². The Bertz CT molecular complexity index is 1020. The molecule has 0 bridgehead atoms. The highest BCUT2D eigenvalue weighted by atomic mass is 32.2. The summed E-state index contributed by atoms with van der Waals surface area (Å²) >= 11 is 1.50. The number of aryl methyl sites for hydroxylation is 2. The summed E-state index contributed by atoms with van der Waals surface area (Å²) in [5, 5.41) is 9.04. The Labute approximate surface area is 172 Å². The van der Waals surface area contributed by atoms with Crippen LogP contribution in [0.3, 0.4) is 0 Å². The third kappa shape index (κ3) is 4.08. The molecule has 0 aromatic carbocycles. The van der Waals surface area contributed by atoms with Crippen LogP contribution in [0.2, 0.25) is 0 Å². The van der Waals surface area contributed by atoms with Gasteiger partial charge in [0.1, 0.15) is 17.3 Å². The van der Waals surface area contributed by atoms with E-state index in [4.69, 9.17) is 14.1 Å². The predicted octanol–water partition coefficient (Wildman–Crippen LogP) is 2.02. The molecule has 0 saturated carbocycles. The molecule has 4 rings (SSSR count). The van der Waals surface area contributed by atoms with Crippen LogP contribution in [0.25, 0.3) is 11.0 Å². The van der Waals surface area contributed by atoms with Gasteiger partial charge in [0, 0.05) is 19.6 Å². The summed E-state index contributed by atoms with van der Waals surface area (Å²) in [6.07, 6.45) is 3.76. The number of nitrogens with one attached hydrogen (secondary N) is 1. The van der Waals surface area contributed by atoms with E-state index in [0.717, 1.165) is 35.7 Å². The number of fused-ring (bicyclic) bond motifs is 1. The Balaban J connectivity index is 1.52. The zero-order chi connectivity index (χ0) is 20.4. The number of thioether (sulfide) groups is 1. The molecule has 9 nitrogen and oxygen atoms in total. The van der Waals surface area contributed by atoms with E-state index in [1.807, 2.05) is 17.9 Å². The van der Waals surface area contributed by atoms with Crippen LogP contribution in [-0.4, -0.2) is 64.8 Å². The molecule has 3 aromatic rings. The van der Waals surface area contributed by atoms with Gasteiger partial charge in [-0.3, -0.25) is 4.79 Å². The molecule has 154 valence electrons. The summed E-state index contributed by atoms with van der Waals surface area (Å²) in [5.74, 6) is 2.09. The Kier molecular flexibility index (Phi) is 5.72. The Morgan fingerprint density at radius 2 is 2.07 bits per heavy atom. The van der Waals surface area contributed by atoms with Gasteiger partial charge < -0.3 is 19.4 Å². The largest absolute Gasteiger partial charge is 0.466 e. The number of ether oxygens (including phenoxy) is 1. The van der Waals surface area contributed by atoms with Crippen molar-refractivity contribution >= 4 is 34.5 Å². The monoisotopic (exact) mass is 416 g/mol. The van der Waals surface area contributed by atoms with Crippen molar-refractivity contribution in [1.29, 1.82) is 0 Å². The average molecular weight is 417 g/mol. The van der Waals surface area contributed by atoms with Gasteiger partial charge in [0.2, 0.25) is 0 Å². The molecule has 1 saturated heterocycles. The minimum Gasteiger partial charge on any atom is -0.466 e. The highest BCUT2D eigenvalue weighted by molar-refractivity contribution is 7.98. The topological polar surface area (TPSA) is 98.3 Å². The molecule has 0 aliphatic carbocycles. The molecule has 1 aliphatic rings. The Morgan fingerprint density at radius 3 is 2.76 bits per heavy atom. The first-order valence-electron chi connectivity index (χ1n) is 9.52. The van der Waals surface area contributed by atoms with Crippen molar-refractivity contribution in [3.05, 3.63) is 29.3 Å². The molecule has 1 amide bonds. The van der Waals surface area contributed by atoms with E-state index in [1.54, 1.807) is 19.2 Å². The lowest BCUT2D eigenvalue weighted by molar-refractivity contribution is 0.0950. The second-order valence-corrected chi connectivity index (χ2v) is 7.59. The average Bonchev–Trinajstić information content (AvgIpc) is 3.30. The van der Waals surface area contributed by atoms with Gasteiger partial charge in [-0.25, -0.2) is 14.6 Å². The first kappa shape index (κ1) is 19.7. The zero-order valence-corrected chi connectivity index (χ0v) is 17.6. The maximum atomic E-state index is 12.4. The molecule has 4 heterocycles. The summed E-state index contributed by atoms with van der Waals surface area (Å²) in [4.78, 5) is 24.0. The van der Waals surface area contributed by atoms with E-state index in [-0.39, 0.29) is 5.91 Å². The summed E-state index contributed by atoms with van der Waals surface area (Å²) in [6, 6.07) is 1.75. The van der Waals surface area contributed by atoms with Crippen LogP contribution >= 0.6 is 11.8 Å². The van der Waals surface area contributed by atoms with Gasteiger partial charge in [-0.1, -0.05) is 11.8 Å². The van der Waals surface area contributed by atoms with Crippen LogP contribution in [0.15, 0.2) is 21.8 Å². The van der Waals surface area contributed by atoms with Crippen LogP contribution in [0.1, 0.15) is 21.9 Å². The van der Waals surface area contributed by atoms with Crippen LogP contribution in [0.4, 0.5) is 5.82 Å². The molecule has 10 heteroatoms. The number of nitrogens with zero attached hydrogens (tertiary/aromatic N) is 5. The van der Waals surface area contributed by atoms with E-state index >= 15 is 0 Å². The van der Waals surface area contributed by atoms with Gasteiger partial charge in [-0.05, 0) is 26.2 Å². The molecule has 1 fully saturated rings. The van der Waals surface area contributed by atoms with E-state index in [2.05, 4.69) is 20.3 Å². The lowest BCUT2D eigenvalue weighted by Gasteiger charge is -2.28. The van der Waals surface area contributed by atoms with Crippen molar-refractivity contribution in [2.75, 3.05) is 44.0 Å². The van der Waals surface area contributed by atoms with E-state index in [0.29, 0.717) is 42.8 Å². The van der Waals surface area contributed by atoms with Crippen molar-refractivity contribution in [2.45, 2.75) is 25.5 Å². The number of aromatic nitrogens is 4. The maximum Gasteiger partial charge on any atom is 0.254 e. The first-order chi connectivity index (χ1) is 14.1. The van der Waals surface area contributed by atoms with Crippen molar-refractivity contribution in [2.24, 2.45) is 0 Å². The molecule has 3 aromatic heterocycles. The summed E-state index contributed by atoms with van der Waals surface area (Å²) in [5.41, 5.74) is 1.34. The van der Waals surface area contributed by atoms with Gasteiger partial charge in [0.25, 0.3) is 5.91 Å². The smallest absolute Gasteiger partial charge is 0.254 e. The van der Waals surface area contributed by atoms with Crippen molar-refractivity contribution in [3.63, 3.8) is 0 Å². The van der Waals surface area contributed by atoms with Crippen LogP contribution in [0.5, 0.6) is 0 Å². The zero-order valence-electron chi connectivity index (χ0n) is 16.8. The number of rotatable bonds is 6. The third-order valence-electron chi connectivity index (χ3n) is 4.84. The number of carbonyl (C=O) groups is 1. The van der Waals surface area contributed by atoms with Gasteiger partial charge in [0.05, 0.1) is 36.9 Å². The second-order valence-electron chi connectivity index (χ2n) is 6.82. The predicted molar refractivity (Wildman–Crippen MR) is 111 cm³/mol. The van der Waals surface area contributed by atoms with Crippen molar-refractivity contribution in [3.8, 4) is 0 Å². The molecule has 0 unspecified atom stereocenters. The van der Waals surface area contributed by atoms with Gasteiger partial charge in [-0.15, -0.1) is 0 Å². The number of carbonyl (C=O) groups excluding carboxylic acids is 1. The molecule has 1 aliphatic heterocycles. The molecule has 0 radical (unpaired) electrons. The summed E-state index contributed by atoms with van der Waals surface area (Å²) in [6.45, 7) is 7.53. The summed E-state index contributed by atoms with van der Waals surface area (Å²) in [7, 11) is 0. The number of amides is 1. The lowest BCUT2D eigenvalue weighted by Crippen LogP contribution is -2.37. The van der Waals surface area contributed by atoms with Gasteiger partial charge in [0.15, 0.2) is 10.8 Å². The number of hydrogen-bond donors (Lipinski definition) is 1. The fourth-order valence-corrected chi connectivity index (χ4v) is 3.77. The molecule has 0 atom stereocenters. The summed E-state index contributed by atoms with van der Waals surface area (Å²) < 4.78 is 12.7. The fourth-order valence-electron chi connectivity index (χ4n) is 3.42. The van der Waals surface area contributed by atoms with Crippen LogP contribution in [0, 0.1) is 13.8 Å². The third-order valence-corrected chi connectivity index (χ3v) is 5.39. The Morgan fingerprint density at radius 1 is 1.28 bits per heavy atom. The molecule has 29 heavy (non-hydrogen) atoms. The number of morpholine rings is 1. The lowest BCUT2D eigenvalue weighted by atomic mass is 10.2. The van der Waals surface area contributed by atoms with Crippen molar-refractivity contribution < 1.29 is 13.9 Å². The number of hydrogen-bond acceptors (Lipinski definition) is 8. The van der Waals surface area contributed by atoms with E-state index in [1.165, 1.54) is 11.8 Å². The number of anilines is 1.